The molecule has 0 aromatic heterocycles. The molecule has 1 aromatic rings. The molecule has 0 aliphatic heterocycles. The number of rotatable bonds is 7. The molecule has 0 radical (unpaired) electrons. The van der Waals surface area contributed by atoms with E-state index in [1.54, 1.807) is 19.1 Å². The van der Waals surface area contributed by atoms with Gasteiger partial charge in [-0.3, -0.25) is 9.59 Å². The third-order valence-electron chi connectivity index (χ3n) is 3.78. The summed E-state index contributed by atoms with van der Waals surface area (Å²) >= 11 is 0. The molecule has 0 saturated carbocycles. The number of halogens is 1. The molecule has 0 bridgehead atoms. The van der Waals surface area contributed by atoms with E-state index in [-0.39, 0.29) is 23.6 Å². The first kappa shape index (κ1) is 18.7. The highest BCUT2D eigenvalue weighted by atomic mass is 19.1. The van der Waals surface area contributed by atoms with Crippen molar-refractivity contribution < 1.29 is 18.7 Å². The molecule has 1 aliphatic carbocycles. The lowest BCUT2D eigenvalue weighted by molar-refractivity contribution is -0.127. The number of ether oxygens (including phenoxy) is 1. The topological polar surface area (TPSA) is 67.4 Å². The predicted octanol–water partition coefficient (Wildman–Crippen LogP) is 2.64. The maximum absolute atomic E-state index is 13.2. The zero-order valence-corrected chi connectivity index (χ0v) is 14.4. The number of carbonyl (C=O) groups is 2. The summed E-state index contributed by atoms with van der Waals surface area (Å²) in [5.74, 6) is 0.0331. The molecule has 6 heteroatoms. The number of allylic oxidation sites excluding steroid dienone is 3. The van der Waals surface area contributed by atoms with Crippen LogP contribution in [0.2, 0.25) is 0 Å². The SMILES string of the molecule is CC(=O)N[C@@H](C)C(=O)NCc1ccc(OCC2C=C(F)C=CC2)cc1. The van der Waals surface area contributed by atoms with Gasteiger partial charge in [0, 0.05) is 19.4 Å². The Morgan fingerprint density at radius 2 is 2.04 bits per heavy atom. The van der Waals surface area contributed by atoms with Crippen molar-refractivity contribution in [3.63, 3.8) is 0 Å². The average molecular weight is 346 g/mol. The number of hydrogen-bond acceptors (Lipinski definition) is 3. The Kier molecular flexibility index (Phi) is 6.74. The molecule has 0 fully saturated rings. The van der Waals surface area contributed by atoms with E-state index >= 15 is 0 Å². The van der Waals surface area contributed by atoms with Crippen LogP contribution in [-0.4, -0.2) is 24.5 Å². The van der Waals surface area contributed by atoms with E-state index < -0.39 is 6.04 Å². The van der Waals surface area contributed by atoms with Crippen molar-refractivity contribution in [1.29, 1.82) is 0 Å². The zero-order valence-electron chi connectivity index (χ0n) is 14.4. The van der Waals surface area contributed by atoms with E-state index in [9.17, 15) is 14.0 Å². The monoisotopic (exact) mass is 346 g/mol. The molecule has 5 nitrogen and oxygen atoms in total. The second kappa shape index (κ2) is 9.01. The molecule has 2 N–H and O–H groups in total. The van der Waals surface area contributed by atoms with Crippen LogP contribution in [0.5, 0.6) is 5.75 Å². The van der Waals surface area contributed by atoms with E-state index in [1.165, 1.54) is 13.0 Å². The van der Waals surface area contributed by atoms with Crippen LogP contribution >= 0.6 is 0 Å². The van der Waals surface area contributed by atoms with Crippen LogP contribution in [0.25, 0.3) is 0 Å². The third-order valence-corrected chi connectivity index (χ3v) is 3.78. The number of nitrogens with one attached hydrogen (secondary N) is 2. The molecule has 1 aliphatic rings. The van der Waals surface area contributed by atoms with Crippen molar-refractivity contribution in [1.82, 2.24) is 10.6 Å². The summed E-state index contributed by atoms with van der Waals surface area (Å²) in [4.78, 5) is 22.8. The standard InChI is InChI=1S/C19H23FN2O3/c1-13(22-14(2)23)19(24)21-11-15-6-8-18(9-7-15)25-12-16-4-3-5-17(20)10-16/h3,5-10,13,16H,4,11-12H2,1-2H3,(H,21,24)(H,22,23)/t13-,16?/m0/s1. The van der Waals surface area contributed by atoms with Gasteiger partial charge < -0.3 is 15.4 Å². The molecular formula is C19H23FN2O3. The van der Waals surface area contributed by atoms with Gasteiger partial charge in [0.2, 0.25) is 11.8 Å². The van der Waals surface area contributed by atoms with Gasteiger partial charge in [0.05, 0.1) is 6.61 Å². The van der Waals surface area contributed by atoms with Gasteiger partial charge in [-0.15, -0.1) is 0 Å². The first-order chi connectivity index (χ1) is 11.9. The van der Waals surface area contributed by atoms with Crippen molar-refractivity contribution in [2.24, 2.45) is 5.92 Å². The van der Waals surface area contributed by atoms with Crippen LogP contribution in [0.1, 0.15) is 25.8 Å². The van der Waals surface area contributed by atoms with Crippen molar-refractivity contribution >= 4 is 11.8 Å². The summed E-state index contributed by atoms with van der Waals surface area (Å²) in [6, 6.07) is 6.78. The molecule has 25 heavy (non-hydrogen) atoms. The van der Waals surface area contributed by atoms with Crippen LogP contribution in [0.3, 0.4) is 0 Å². The van der Waals surface area contributed by atoms with Gasteiger partial charge in [0.15, 0.2) is 0 Å². The van der Waals surface area contributed by atoms with Gasteiger partial charge in [0.1, 0.15) is 17.6 Å². The van der Waals surface area contributed by atoms with Gasteiger partial charge in [0.25, 0.3) is 0 Å². The van der Waals surface area contributed by atoms with Crippen LogP contribution in [0.15, 0.2) is 48.3 Å². The minimum Gasteiger partial charge on any atom is -0.493 e. The van der Waals surface area contributed by atoms with Crippen LogP contribution in [-0.2, 0) is 16.1 Å². The largest absolute Gasteiger partial charge is 0.493 e. The fraction of sp³-hybridized carbons (Fsp3) is 0.368. The number of benzene rings is 1. The number of hydrogen-bond donors (Lipinski definition) is 2. The lowest BCUT2D eigenvalue weighted by Gasteiger charge is -2.15. The van der Waals surface area contributed by atoms with Gasteiger partial charge >= 0.3 is 0 Å². The van der Waals surface area contributed by atoms with Crippen LogP contribution in [0.4, 0.5) is 4.39 Å². The lowest BCUT2D eigenvalue weighted by Crippen LogP contribution is -2.43. The van der Waals surface area contributed by atoms with Gasteiger partial charge in [-0.2, -0.15) is 0 Å². The molecule has 0 saturated heterocycles. The Bertz CT molecular complexity index is 668. The maximum Gasteiger partial charge on any atom is 0.242 e. The first-order valence-electron chi connectivity index (χ1n) is 8.24. The molecule has 1 aromatic carbocycles. The van der Waals surface area contributed by atoms with Crippen molar-refractivity contribution in [3.8, 4) is 5.75 Å². The zero-order chi connectivity index (χ0) is 18.2. The van der Waals surface area contributed by atoms with Gasteiger partial charge in [-0.05, 0) is 43.2 Å². The Balaban J connectivity index is 1.77. The van der Waals surface area contributed by atoms with E-state index in [2.05, 4.69) is 10.6 Å². The third kappa shape index (κ3) is 6.41. The summed E-state index contributed by atoms with van der Waals surface area (Å²) in [6.45, 7) is 3.79. The first-order valence-corrected chi connectivity index (χ1v) is 8.24. The molecule has 2 amide bonds. The van der Waals surface area contributed by atoms with Crippen molar-refractivity contribution in [2.45, 2.75) is 32.9 Å². The average Bonchev–Trinajstić information content (AvgIpc) is 2.58. The van der Waals surface area contributed by atoms with E-state index in [0.29, 0.717) is 18.9 Å². The Labute approximate surface area is 146 Å². The number of carbonyl (C=O) groups excluding carboxylic acids is 2. The van der Waals surface area contributed by atoms with E-state index in [0.717, 1.165) is 12.0 Å². The molecule has 2 atom stereocenters. The quantitative estimate of drug-likeness (QED) is 0.798. The van der Waals surface area contributed by atoms with E-state index in [4.69, 9.17) is 4.74 Å². The highest BCUT2D eigenvalue weighted by molar-refractivity contribution is 5.86. The summed E-state index contributed by atoms with van der Waals surface area (Å²) in [5, 5.41) is 5.29. The lowest BCUT2D eigenvalue weighted by atomic mass is 10.0. The van der Waals surface area contributed by atoms with Crippen LogP contribution < -0.4 is 15.4 Å². The second-order valence-corrected chi connectivity index (χ2v) is 6.04. The predicted molar refractivity (Wildman–Crippen MR) is 93.5 cm³/mol. The highest BCUT2D eigenvalue weighted by Crippen LogP contribution is 2.20. The fourth-order valence-corrected chi connectivity index (χ4v) is 2.44. The van der Waals surface area contributed by atoms with E-state index in [1.807, 2.05) is 24.3 Å². The summed E-state index contributed by atoms with van der Waals surface area (Å²) in [6.07, 6.45) is 5.60. The Morgan fingerprint density at radius 1 is 1.32 bits per heavy atom. The molecule has 2 rings (SSSR count). The normalized spacial score (nSPS) is 17.4. The van der Waals surface area contributed by atoms with Crippen molar-refractivity contribution in [2.75, 3.05) is 6.61 Å². The maximum atomic E-state index is 13.2. The minimum absolute atomic E-state index is 0.0410. The molecule has 134 valence electrons. The summed E-state index contributed by atoms with van der Waals surface area (Å²) in [5.41, 5.74) is 0.919. The van der Waals surface area contributed by atoms with Gasteiger partial charge in [-0.25, -0.2) is 4.39 Å². The van der Waals surface area contributed by atoms with Crippen LogP contribution in [0, 0.1) is 5.92 Å². The Hall–Kier alpha value is -2.63. The summed E-state index contributed by atoms with van der Waals surface area (Å²) < 4.78 is 18.8. The molecule has 0 heterocycles. The number of amides is 2. The smallest absolute Gasteiger partial charge is 0.242 e. The highest BCUT2D eigenvalue weighted by Gasteiger charge is 2.13. The Morgan fingerprint density at radius 3 is 2.68 bits per heavy atom. The molecule has 0 spiro atoms. The van der Waals surface area contributed by atoms with Gasteiger partial charge in [-0.1, -0.05) is 18.2 Å². The minimum atomic E-state index is -0.571. The van der Waals surface area contributed by atoms with Crippen molar-refractivity contribution in [3.05, 3.63) is 53.9 Å². The second-order valence-electron chi connectivity index (χ2n) is 6.04. The molecule has 1 unspecified atom stereocenters. The summed E-state index contributed by atoms with van der Waals surface area (Å²) in [7, 11) is 0. The fourth-order valence-electron chi connectivity index (χ4n) is 2.44. The molecular weight excluding hydrogens is 323 g/mol.